The molecule has 0 aliphatic rings. The van der Waals surface area contributed by atoms with Crippen molar-refractivity contribution in [3.8, 4) is 23.0 Å². The fourth-order valence-corrected chi connectivity index (χ4v) is 4.89. The van der Waals surface area contributed by atoms with E-state index in [-0.39, 0.29) is 22.8 Å². The zero-order chi connectivity index (χ0) is 27.5. The first-order valence-electron chi connectivity index (χ1n) is 12.5. The molecule has 0 aliphatic heterocycles. The average Bonchev–Trinajstić information content (AvgIpc) is 2.86. The Labute approximate surface area is 220 Å². The van der Waals surface area contributed by atoms with Crippen molar-refractivity contribution < 1.29 is 20.4 Å². The third kappa shape index (κ3) is 5.91. The van der Waals surface area contributed by atoms with Crippen LogP contribution in [0.4, 0.5) is 0 Å². The third-order valence-corrected chi connectivity index (χ3v) is 7.40. The van der Waals surface area contributed by atoms with Crippen molar-refractivity contribution in [1.29, 1.82) is 0 Å². The average molecular weight is 499 g/mol. The summed E-state index contributed by atoms with van der Waals surface area (Å²) in [4.78, 5) is 0. The van der Waals surface area contributed by atoms with Gasteiger partial charge in [-0.25, -0.2) is 0 Å². The van der Waals surface area contributed by atoms with Crippen LogP contribution >= 0.6 is 0 Å². The molecule has 4 N–H and O–H groups in total. The lowest BCUT2D eigenvalue weighted by Gasteiger charge is -2.30. The molecule has 0 aromatic heterocycles. The van der Waals surface area contributed by atoms with Crippen LogP contribution in [0.3, 0.4) is 0 Å². The second-order valence-electron chi connectivity index (χ2n) is 10.3. The first-order chi connectivity index (χ1) is 17.3. The minimum atomic E-state index is -0.287. The number of phenolic OH excluding ortho intramolecular Hbond substituents is 4. The van der Waals surface area contributed by atoms with Crippen molar-refractivity contribution in [1.82, 2.24) is 0 Å². The molecule has 4 nitrogen and oxygen atoms in total. The molecule has 0 saturated heterocycles. The summed E-state index contributed by atoms with van der Waals surface area (Å²) in [7, 11) is 0. The Morgan fingerprint density at radius 2 is 0.838 bits per heavy atom. The molecule has 4 aromatic carbocycles. The van der Waals surface area contributed by atoms with Gasteiger partial charge in [-0.2, -0.15) is 0 Å². The van der Waals surface area contributed by atoms with Gasteiger partial charge < -0.3 is 20.4 Å². The van der Waals surface area contributed by atoms with E-state index >= 15 is 0 Å². The van der Waals surface area contributed by atoms with Gasteiger partial charge in [-0.3, -0.25) is 0 Å². The van der Waals surface area contributed by atoms with E-state index in [0.717, 1.165) is 44.5 Å². The second-order valence-corrected chi connectivity index (χ2v) is 10.3. The number of phenols is 4. The van der Waals surface area contributed by atoms with E-state index in [1.165, 1.54) is 0 Å². The van der Waals surface area contributed by atoms with E-state index in [1.54, 1.807) is 24.3 Å². The highest BCUT2D eigenvalue weighted by molar-refractivity contribution is 5.55. The van der Waals surface area contributed by atoms with Crippen LogP contribution in [-0.4, -0.2) is 20.4 Å². The van der Waals surface area contributed by atoms with Crippen LogP contribution in [0.5, 0.6) is 23.0 Å². The summed E-state index contributed by atoms with van der Waals surface area (Å²) in [5, 5.41) is 38.9. The van der Waals surface area contributed by atoms with Crippen LogP contribution in [0.1, 0.15) is 71.2 Å². The van der Waals surface area contributed by atoms with Crippen molar-refractivity contribution >= 4 is 0 Å². The van der Waals surface area contributed by atoms with E-state index < -0.39 is 0 Å². The summed E-state index contributed by atoms with van der Waals surface area (Å²) < 4.78 is 0. The van der Waals surface area contributed by atoms with E-state index in [9.17, 15) is 20.4 Å². The highest BCUT2D eigenvalue weighted by Gasteiger charge is 2.29. The number of benzene rings is 4. The molecule has 0 saturated carbocycles. The Kier molecular flexibility index (Phi) is 8.22. The quantitative estimate of drug-likeness (QED) is 0.230. The van der Waals surface area contributed by atoms with Crippen molar-refractivity contribution in [2.45, 2.75) is 59.8 Å². The predicted molar refractivity (Wildman–Crippen MR) is 151 cm³/mol. The van der Waals surface area contributed by atoms with Crippen molar-refractivity contribution in [2.24, 2.45) is 0 Å². The lowest BCUT2D eigenvalue weighted by atomic mass is 9.74. The number of aromatic hydroxyl groups is 4. The zero-order valence-electron chi connectivity index (χ0n) is 22.8. The van der Waals surface area contributed by atoms with Crippen LogP contribution in [0.25, 0.3) is 0 Å². The van der Waals surface area contributed by atoms with E-state index in [4.69, 9.17) is 0 Å². The molecule has 0 unspecified atom stereocenters. The molecular formula is C33H38O4. The van der Waals surface area contributed by atoms with Gasteiger partial charge in [0.05, 0.1) is 0 Å². The standard InChI is InChI=1S/C19H24O2.C14H14O2/c1-11-7-9-15(13(3)17(11)20)19(5,6)16-10-8-12(2)18(21)14(16)4;1-10(11-2-6-13(15)7-3-11)12-4-8-14(16)9-5-12/h7-10,20-21H,1-6H3;2-10,15-16H,1H3. The van der Waals surface area contributed by atoms with E-state index in [0.29, 0.717) is 11.5 Å². The molecule has 0 spiro atoms. The summed E-state index contributed by atoms with van der Waals surface area (Å²) in [6, 6.07) is 22.4. The maximum Gasteiger partial charge on any atom is 0.121 e. The van der Waals surface area contributed by atoms with Gasteiger partial charge in [0.2, 0.25) is 0 Å². The highest BCUT2D eigenvalue weighted by atomic mass is 16.3. The summed E-state index contributed by atoms with van der Waals surface area (Å²) in [5.41, 5.74) is 7.73. The van der Waals surface area contributed by atoms with Crippen LogP contribution in [0, 0.1) is 27.7 Å². The molecule has 0 amide bonds. The monoisotopic (exact) mass is 498 g/mol. The molecule has 0 radical (unpaired) electrons. The zero-order valence-corrected chi connectivity index (χ0v) is 22.8. The lowest BCUT2D eigenvalue weighted by molar-refractivity contribution is 0.459. The Morgan fingerprint density at radius 3 is 1.16 bits per heavy atom. The largest absolute Gasteiger partial charge is 0.508 e. The summed E-state index contributed by atoms with van der Waals surface area (Å²) in [5.74, 6) is 1.52. The third-order valence-electron chi connectivity index (χ3n) is 7.40. The molecule has 0 aliphatic carbocycles. The molecular weight excluding hydrogens is 460 g/mol. The second kappa shape index (κ2) is 11.0. The van der Waals surface area contributed by atoms with Gasteiger partial charge in [-0.05, 0) is 96.5 Å². The molecule has 4 aromatic rings. The molecule has 4 heteroatoms. The molecule has 0 bridgehead atoms. The van der Waals surface area contributed by atoms with Gasteiger partial charge in [-0.1, -0.05) is 69.3 Å². The fourth-order valence-electron chi connectivity index (χ4n) is 4.89. The normalized spacial score (nSPS) is 11.2. The van der Waals surface area contributed by atoms with Gasteiger partial charge in [0.15, 0.2) is 0 Å². The van der Waals surface area contributed by atoms with Crippen molar-refractivity contribution in [2.75, 3.05) is 0 Å². The number of hydrogen-bond acceptors (Lipinski definition) is 4. The topological polar surface area (TPSA) is 80.9 Å². The summed E-state index contributed by atoms with van der Waals surface area (Å²) in [6.07, 6.45) is 0. The molecule has 194 valence electrons. The van der Waals surface area contributed by atoms with E-state index in [2.05, 4.69) is 32.9 Å². The van der Waals surface area contributed by atoms with Gasteiger partial charge in [0.25, 0.3) is 0 Å². The Balaban J connectivity index is 0.000000213. The minimum Gasteiger partial charge on any atom is -0.508 e. The van der Waals surface area contributed by atoms with Crippen LogP contribution in [-0.2, 0) is 5.41 Å². The Hall–Kier alpha value is -3.92. The maximum absolute atomic E-state index is 10.2. The SMILES string of the molecule is CC(c1ccc(O)cc1)c1ccc(O)cc1.Cc1ccc(C(C)(C)c2ccc(C)c(O)c2C)c(C)c1O. The number of rotatable bonds is 4. The van der Waals surface area contributed by atoms with Gasteiger partial charge in [-0.15, -0.1) is 0 Å². The first-order valence-corrected chi connectivity index (χ1v) is 12.5. The van der Waals surface area contributed by atoms with Crippen LogP contribution < -0.4 is 0 Å². The number of hydrogen-bond donors (Lipinski definition) is 4. The maximum atomic E-state index is 10.2. The fraction of sp³-hybridized carbons (Fsp3) is 0.273. The first kappa shape index (κ1) is 27.7. The smallest absolute Gasteiger partial charge is 0.121 e. The molecule has 0 atom stereocenters. The van der Waals surface area contributed by atoms with Gasteiger partial charge in [0, 0.05) is 11.3 Å². The van der Waals surface area contributed by atoms with Crippen molar-refractivity contribution in [3.63, 3.8) is 0 Å². The molecule has 37 heavy (non-hydrogen) atoms. The van der Waals surface area contributed by atoms with Crippen LogP contribution in [0.2, 0.25) is 0 Å². The highest BCUT2D eigenvalue weighted by Crippen LogP contribution is 2.41. The lowest BCUT2D eigenvalue weighted by Crippen LogP contribution is -2.22. The summed E-state index contributed by atoms with van der Waals surface area (Å²) >= 11 is 0. The predicted octanol–water partition coefficient (Wildman–Crippen LogP) is 7.91. The molecule has 0 heterocycles. The molecule has 4 rings (SSSR count). The Morgan fingerprint density at radius 1 is 0.514 bits per heavy atom. The van der Waals surface area contributed by atoms with Crippen LogP contribution in [0.15, 0.2) is 72.8 Å². The molecule has 0 fully saturated rings. The van der Waals surface area contributed by atoms with Crippen molar-refractivity contribution in [3.05, 3.63) is 117 Å². The van der Waals surface area contributed by atoms with E-state index in [1.807, 2.05) is 64.1 Å². The van der Waals surface area contributed by atoms with Gasteiger partial charge in [0.1, 0.15) is 23.0 Å². The minimum absolute atomic E-state index is 0.251. The summed E-state index contributed by atoms with van der Waals surface area (Å²) in [6.45, 7) is 14.1. The number of aryl methyl sites for hydroxylation is 2. The van der Waals surface area contributed by atoms with Gasteiger partial charge >= 0.3 is 0 Å². The Bertz CT molecular complexity index is 1260.